The van der Waals surface area contributed by atoms with Crippen molar-refractivity contribution in [2.75, 3.05) is 26.3 Å². The molecule has 18 heavy (non-hydrogen) atoms. The fraction of sp³-hybridized carbons (Fsp3) is 0.583. The van der Waals surface area contributed by atoms with Crippen LogP contribution in [0.3, 0.4) is 0 Å². The van der Waals surface area contributed by atoms with Crippen LogP contribution >= 0.6 is 33.9 Å². The first kappa shape index (κ1) is 12.8. The molecule has 4 nitrogen and oxygen atoms in total. The molecule has 98 valence electrons. The quantitative estimate of drug-likeness (QED) is 0.704. The van der Waals surface area contributed by atoms with Gasteiger partial charge in [0.25, 0.3) is 5.91 Å². The summed E-state index contributed by atoms with van der Waals surface area (Å²) in [7, 11) is 0. The summed E-state index contributed by atoms with van der Waals surface area (Å²) in [5, 5.41) is 1.96. The molecule has 0 unspecified atom stereocenters. The van der Waals surface area contributed by atoms with Gasteiger partial charge in [0.15, 0.2) is 5.79 Å². The lowest BCUT2D eigenvalue weighted by Gasteiger charge is -2.38. The average Bonchev–Trinajstić information content (AvgIpc) is 2.98. The number of amides is 1. The Morgan fingerprint density at radius 2 is 2.22 bits per heavy atom. The van der Waals surface area contributed by atoms with Crippen LogP contribution < -0.4 is 0 Å². The van der Waals surface area contributed by atoms with Crippen molar-refractivity contribution in [2.24, 2.45) is 0 Å². The van der Waals surface area contributed by atoms with Crippen LogP contribution in [0.1, 0.15) is 22.5 Å². The molecule has 0 saturated carbocycles. The molecule has 2 fully saturated rings. The van der Waals surface area contributed by atoms with E-state index in [1.807, 2.05) is 16.3 Å². The third-order valence-electron chi connectivity index (χ3n) is 3.33. The Bertz CT molecular complexity index is 456. The minimum atomic E-state index is -0.531. The summed E-state index contributed by atoms with van der Waals surface area (Å²) in [6.45, 7) is 2.62. The molecular formula is C12H14INO3S. The number of rotatable bonds is 1. The molecule has 1 amide bonds. The van der Waals surface area contributed by atoms with Gasteiger partial charge >= 0.3 is 0 Å². The van der Waals surface area contributed by atoms with Gasteiger partial charge in [-0.3, -0.25) is 4.79 Å². The molecule has 2 aliphatic rings. The van der Waals surface area contributed by atoms with Crippen molar-refractivity contribution in [2.45, 2.75) is 18.6 Å². The topological polar surface area (TPSA) is 38.8 Å². The summed E-state index contributed by atoms with van der Waals surface area (Å²) in [6, 6.07) is 1.97. The lowest BCUT2D eigenvalue weighted by molar-refractivity contribution is -0.183. The minimum absolute atomic E-state index is 0.104. The van der Waals surface area contributed by atoms with Gasteiger partial charge in [0, 0.05) is 16.5 Å². The maximum Gasteiger partial charge on any atom is 0.265 e. The highest BCUT2D eigenvalue weighted by molar-refractivity contribution is 14.1. The molecule has 2 aliphatic heterocycles. The number of thiophene rings is 1. The number of carbonyl (C=O) groups is 1. The lowest BCUT2D eigenvalue weighted by Crippen LogP contribution is -2.51. The Balaban J connectivity index is 1.76. The Morgan fingerprint density at radius 1 is 1.44 bits per heavy atom. The smallest absolute Gasteiger partial charge is 0.265 e. The maximum absolute atomic E-state index is 12.4. The standard InChI is InChI=1S/C12H14INO3S/c13-9-2-7-18-10(9)11(15)14-4-1-3-12(8-14)16-5-6-17-12/h2,7H,1,3-6,8H2. The number of halogens is 1. The normalized spacial score (nSPS) is 22.6. The summed E-state index contributed by atoms with van der Waals surface area (Å²) in [5.41, 5.74) is 0. The third kappa shape index (κ3) is 2.31. The highest BCUT2D eigenvalue weighted by Gasteiger charge is 2.42. The second kappa shape index (κ2) is 5.07. The van der Waals surface area contributed by atoms with Crippen LogP contribution in [0.4, 0.5) is 0 Å². The maximum atomic E-state index is 12.4. The van der Waals surface area contributed by atoms with E-state index in [0.717, 1.165) is 27.8 Å². The molecule has 1 spiro atoms. The lowest BCUT2D eigenvalue weighted by atomic mass is 10.0. The Hall–Kier alpha value is -0.180. The zero-order chi connectivity index (χ0) is 12.6. The van der Waals surface area contributed by atoms with E-state index in [4.69, 9.17) is 9.47 Å². The summed E-state index contributed by atoms with van der Waals surface area (Å²) in [6.07, 6.45) is 1.83. The van der Waals surface area contributed by atoms with Crippen molar-refractivity contribution in [3.05, 3.63) is 19.9 Å². The van der Waals surface area contributed by atoms with Crippen LogP contribution in [0, 0.1) is 3.57 Å². The second-order valence-electron chi connectivity index (χ2n) is 4.54. The second-order valence-corrected chi connectivity index (χ2v) is 6.61. The summed E-state index contributed by atoms with van der Waals surface area (Å²) < 4.78 is 12.4. The number of piperidine rings is 1. The van der Waals surface area contributed by atoms with E-state index in [1.54, 1.807) is 0 Å². The number of ether oxygens (including phenoxy) is 2. The molecule has 1 aromatic heterocycles. The summed E-state index contributed by atoms with van der Waals surface area (Å²) in [5.74, 6) is -0.427. The first-order chi connectivity index (χ1) is 8.70. The van der Waals surface area contributed by atoms with Gasteiger partial charge in [0.05, 0.1) is 19.8 Å². The highest BCUT2D eigenvalue weighted by atomic mass is 127. The van der Waals surface area contributed by atoms with Crippen LogP contribution in [0.5, 0.6) is 0 Å². The average molecular weight is 379 g/mol. The highest BCUT2D eigenvalue weighted by Crippen LogP contribution is 2.31. The van der Waals surface area contributed by atoms with Gasteiger partial charge in [-0.05, 0) is 40.5 Å². The van der Waals surface area contributed by atoms with Crippen molar-refractivity contribution in [3.8, 4) is 0 Å². The van der Waals surface area contributed by atoms with Gasteiger partial charge in [-0.1, -0.05) is 0 Å². The predicted molar refractivity (Wildman–Crippen MR) is 76.8 cm³/mol. The third-order valence-corrected chi connectivity index (χ3v) is 5.50. The number of hydrogen-bond donors (Lipinski definition) is 0. The van der Waals surface area contributed by atoms with E-state index in [1.165, 1.54) is 11.3 Å². The molecule has 0 radical (unpaired) electrons. The Labute approximate surface area is 123 Å². The Kier molecular flexibility index (Phi) is 3.61. The van der Waals surface area contributed by atoms with E-state index in [0.29, 0.717) is 19.8 Å². The zero-order valence-corrected chi connectivity index (χ0v) is 12.8. The largest absolute Gasteiger partial charge is 0.346 e. The molecule has 3 heterocycles. The van der Waals surface area contributed by atoms with Crippen molar-refractivity contribution in [1.82, 2.24) is 4.90 Å². The van der Waals surface area contributed by atoms with Crippen LogP contribution in [-0.4, -0.2) is 42.9 Å². The molecule has 3 rings (SSSR count). The van der Waals surface area contributed by atoms with Crippen molar-refractivity contribution in [3.63, 3.8) is 0 Å². The zero-order valence-electron chi connectivity index (χ0n) is 9.86. The van der Waals surface area contributed by atoms with Crippen molar-refractivity contribution >= 4 is 39.8 Å². The van der Waals surface area contributed by atoms with Gasteiger partial charge in [-0.2, -0.15) is 0 Å². The molecule has 0 aliphatic carbocycles. The van der Waals surface area contributed by atoms with E-state index < -0.39 is 5.79 Å². The van der Waals surface area contributed by atoms with E-state index >= 15 is 0 Å². The molecule has 6 heteroatoms. The molecule has 0 bridgehead atoms. The number of likely N-dealkylation sites (tertiary alicyclic amines) is 1. The van der Waals surface area contributed by atoms with E-state index in [9.17, 15) is 4.79 Å². The first-order valence-corrected chi connectivity index (χ1v) is 7.96. The molecule has 0 atom stereocenters. The van der Waals surface area contributed by atoms with Gasteiger partial charge < -0.3 is 14.4 Å². The number of hydrogen-bond acceptors (Lipinski definition) is 4. The fourth-order valence-electron chi connectivity index (χ4n) is 2.48. The monoisotopic (exact) mass is 379 g/mol. The molecule has 2 saturated heterocycles. The van der Waals surface area contributed by atoms with Crippen LogP contribution in [0.2, 0.25) is 0 Å². The van der Waals surface area contributed by atoms with Crippen LogP contribution in [0.15, 0.2) is 11.4 Å². The van der Waals surface area contributed by atoms with Crippen molar-refractivity contribution in [1.29, 1.82) is 0 Å². The van der Waals surface area contributed by atoms with Gasteiger partial charge in [-0.15, -0.1) is 11.3 Å². The molecule has 0 aromatic carbocycles. The van der Waals surface area contributed by atoms with Gasteiger partial charge in [0.1, 0.15) is 4.88 Å². The van der Waals surface area contributed by atoms with E-state index in [-0.39, 0.29) is 5.91 Å². The van der Waals surface area contributed by atoms with E-state index in [2.05, 4.69) is 22.6 Å². The summed E-state index contributed by atoms with van der Waals surface area (Å²) in [4.78, 5) is 15.1. The molecule has 1 aromatic rings. The van der Waals surface area contributed by atoms with Crippen LogP contribution in [-0.2, 0) is 9.47 Å². The number of nitrogens with zero attached hydrogens (tertiary/aromatic N) is 1. The molecular weight excluding hydrogens is 365 g/mol. The SMILES string of the molecule is O=C(c1sccc1I)N1CCCC2(C1)OCCO2. The predicted octanol–water partition coefficient (Wildman–Crippen LogP) is 2.33. The van der Waals surface area contributed by atoms with Crippen LogP contribution in [0.25, 0.3) is 0 Å². The summed E-state index contributed by atoms with van der Waals surface area (Å²) >= 11 is 3.71. The fourth-order valence-corrected chi connectivity index (χ4v) is 4.27. The molecule has 0 N–H and O–H groups in total. The minimum Gasteiger partial charge on any atom is -0.346 e. The van der Waals surface area contributed by atoms with Crippen molar-refractivity contribution < 1.29 is 14.3 Å². The van der Waals surface area contributed by atoms with Gasteiger partial charge in [-0.25, -0.2) is 0 Å². The first-order valence-electron chi connectivity index (χ1n) is 6.00. The Morgan fingerprint density at radius 3 is 2.89 bits per heavy atom. The number of carbonyl (C=O) groups excluding carboxylic acids is 1. The van der Waals surface area contributed by atoms with Gasteiger partial charge in [0.2, 0.25) is 0 Å².